The molecule has 1 amide bonds. The number of amides is 1. The van der Waals surface area contributed by atoms with Gasteiger partial charge in [0.1, 0.15) is 5.38 Å². The van der Waals surface area contributed by atoms with Crippen molar-refractivity contribution in [3.63, 3.8) is 0 Å². The third-order valence-electron chi connectivity index (χ3n) is 2.37. The van der Waals surface area contributed by atoms with E-state index in [0.717, 1.165) is 6.42 Å². The lowest BCUT2D eigenvalue weighted by molar-refractivity contribution is -0.122. The molecule has 0 aliphatic carbocycles. The van der Waals surface area contributed by atoms with Crippen LogP contribution in [-0.2, 0) is 4.79 Å². The lowest BCUT2D eigenvalue weighted by Gasteiger charge is -2.22. The molecule has 2 unspecified atom stereocenters. The average molecular weight is 245 g/mol. The molecule has 1 fully saturated rings. The number of carbonyl (C=O) groups excluding carboxylic acids is 1. The first-order valence-corrected chi connectivity index (χ1v) is 5.59. The van der Waals surface area contributed by atoms with E-state index in [1.54, 1.807) is 6.92 Å². The molecule has 0 spiro atoms. The highest BCUT2D eigenvalue weighted by atomic mass is 35.5. The first-order chi connectivity index (χ1) is 7.65. The minimum absolute atomic E-state index is 0.0821. The number of rotatable bonds is 3. The van der Waals surface area contributed by atoms with Crippen molar-refractivity contribution in [2.75, 3.05) is 11.9 Å². The Morgan fingerprint density at radius 2 is 2.44 bits per heavy atom. The Balaban J connectivity index is 1.91. The van der Waals surface area contributed by atoms with E-state index < -0.39 is 0 Å². The maximum absolute atomic E-state index is 10.9. The second-order valence-electron chi connectivity index (χ2n) is 3.75. The predicted octanol–water partition coefficient (Wildman–Crippen LogP) is 1.06. The van der Waals surface area contributed by atoms with E-state index in [0.29, 0.717) is 24.9 Å². The molecule has 1 aromatic heterocycles. The highest BCUT2D eigenvalue weighted by Gasteiger charge is 2.20. The largest absolute Gasteiger partial charge is 0.406 e. The summed E-state index contributed by atoms with van der Waals surface area (Å²) in [7, 11) is 0. The molecule has 88 valence electrons. The van der Waals surface area contributed by atoms with E-state index in [1.165, 1.54) is 0 Å². The summed E-state index contributed by atoms with van der Waals surface area (Å²) in [6.45, 7) is 2.34. The monoisotopic (exact) mass is 244 g/mol. The molecule has 1 aliphatic rings. The van der Waals surface area contributed by atoms with E-state index in [2.05, 4.69) is 20.8 Å². The van der Waals surface area contributed by atoms with Crippen LogP contribution in [0.2, 0.25) is 0 Å². The van der Waals surface area contributed by atoms with Crippen molar-refractivity contribution in [1.29, 1.82) is 0 Å². The average Bonchev–Trinajstić information content (AvgIpc) is 2.70. The molecule has 0 bridgehead atoms. The normalized spacial score (nSPS) is 22.6. The van der Waals surface area contributed by atoms with Gasteiger partial charge in [0.05, 0.1) is 0 Å². The van der Waals surface area contributed by atoms with Gasteiger partial charge in [-0.15, -0.1) is 16.7 Å². The third-order valence-corrected chi connectivity index (χ3v) is 2.56. The second-order valence-corrected chi connectivity index (χ2v) is 4.40. The number of aromatic nitrogens is 2. The third kappa shape index (κ3) is 2.63. The van der Waals surface area contributed by atoms with E-state index in [1.807, 2.05) is 0 Å². The summed E-state index contributed by atoms with van der Waals surface area (Å²) in [6.07, 6.45) is 1.28. The van der Waals surface area contributed by atoms with Crippen molar-refractivity contribution >= 4 is 23.5 Å². The predicted molar refractivity (Wildman–Crippen MR) is 58.2 cm³/mol. The minimum Gasteiger partial charge on any atom is -0.406 e. The molecule has 2 heterocycles. The van der Waals surface area contributed by atoms with Crippen LogP contribution in [-0.4, -0.2) is 28.7 Å². The SMILES string of the molecule is CC(Cl)c1nnc(NC2CCC(=O)NC2)o1. The van der Waals surface area contributed by atoms with Gasteiger partial charge in [0, 0.05) is 19.0 Å². The summed E-state index contributed by atoms with van der Waals surface area (Å²) in [4.78, 5) is 10.9. The van der Waals surface area contributed by atoms with Crippen molar-refractivity contribution in [2.24, 2.45) is 0 Å². The van der Waals surface area contributed by atoms with Gasteiger partial charge in [-0.2, -0.15) is 0 Å². The van der Waals surface area contributed by atoms with Gasteiger partial charge >= 0.3 is 6.01 Å². The molecule has 16 heavy (non-hydrogen) atoms. The van der Waals surface area contributed by atoms with Gasteiger partial charge < -0.3 is 15.1 Å². The topological polar surface area (TPSA) is 80.0 Å². The van der Waals surface area contributed by atoms with Crippen LogP contribution in [0, 0.1) is 0 Å². The summed E-state index contributed by atoms with van der Waals surface area (Å²) in [5.41, 5.74) is 0. The van der Waals surface area contributed by atoms with Gasteiger partial charge in [0.15, 0.2) is 0 Å². The van der Waals surface area contributed by atoms with Crippen molar-refractivity contribution in [2.45, 2.75) is 31.2 Å². The first kappa shape index (κ1) is 11.2. The maximum atomic E-state index is 10.9. The number of hydrogen-bond donors (Lipinski definition) is 2. The Kier molecular flexibility index (Phi) is 3.28. The van der Waals surface area contributed by atoms with Crippen molar-refractivity contribution in [1.82, 2.24) is 15.5 Å². The minimum atomic E-state index is -0.297. The Morgan fingerprint density at radius 3 is 3.00 bits per heavy atom. The van der Waals surface area contributed by atoms with Crippen molar-refractivity contribution < 1.29 is 9.21 Å². The number of piperidine rings is 1. The molecule has 2 N–H and O–H groups in total. The number of anilines is 1. The van der Waals surface area contributed by atoms with Crippen molar-refractivity contribution in [3.8, 4) is 0 Å². The quantitative estimate of drug-likeness (QED) is 0.778. The van der Waals surface area contributed by atoms with Crippen LogP contribution in [0.1, 0.15) is 31.0 Å². The fraction of sp³-hybridized carbons (Fsp3) is 0.667. The van der Waals surface area contributed by atoms with E-state index >= 15 is 0 Å². The molecule has 1 aromatic rings. The zero-order chi connectivity index (χ0) is 11.5. The summed E-state index contributed by atoms with van der Waals surface area (Å²) in [5, 5.41) is 13.2. The fourth-order valence-corrected chi connectivity index (χ4v) is 1.57. The van der Waals surface area contributed by atoms with Gasteiger partial charge in [-0.1, -0.05) is 5.10 Å². The molecule has 0 aromatic carbocycles. The Labute approximate surface area is 97.7 Å². The highest BCUT2D eigenvalue weighted by Crippen LogP contribution is 2.20. The Morgan fingerprint density at radius 1 is 1.62 bits per heavy atom. The zero-order valence-electron chi connectivity index (χ0n) is 8.86. The summed E-state index contributed by atoms with van der Waals surface area (Å²) in [6, 6.07) is 0.486. The number of halogens is 1. The molecule has 2 atom stereocenters. The lowest BCUT2D eigenvalue weighted by Crippen LogP contribution is -2.41. The maximum Gasteiger partial charge on any atom is 0.315 e. The molecule has 0 radical (unpaired) electrons. The van der Waals surface area contributed by atoms with Crippen LogP contribution >= 0.6 is 11.6 Å². The van der Waals surface area contributed by atoms with E-state index in [4.69, 9.17) is 16.0 Å². The molecule has 6 nitrogen and oxygen atoms in total. The van der Waals surface area contributed by atoms with E-state index in [-0.39, 0.29) is 17.3 Å². The molecule has 0 saturated carbocycles. The highest BCUT2D eigenvalue weighted by molar-refractivity contribution is 6.20. The molecule has 1 aliphatic heterocycles. The van der Waals surface area contributed by atoms with Crippen LogP contribution in [0.3, 0.4) is 0 Å². The van der Waals surface area contributed by atoms with Gasteiger partial charge in [-0.3, -0.25) is 4.79 Å². The summed E-state index contributed by atoms with van der Waals surface area (Å²) >= 11 is 5.80. The number of alkyl halides is 1. The number of hydrogen-bond acceptors (Lipinski definition) is 5. The van der Waals surface area contributed by atoms with Gasteiger partial charge in [0.2, 0.25) is 11.8 Å². The van der Waals surface area contributed by atoms with Crippen LogP contribution in [0.15, 0.2) is 4.42 Å². The van der Waals surface area contributed by atoms with Gasteiger partial charge in [-0.25, -0.2) is 0 Å². The van der Waals surface area contributed by atoms with Crippen LogP contribution in [0.4, 0.5) is 6.01 Å². The number of carbonyl (C=O) groups is 1. The molecular formula is C9H13ClN4O2. The Bertz CT molecular complexity index is 369. The standard InChI is InChI=1S/C9H13ClN4O2/c1-5(10)8-13-14-9(16-8)12-6-2-3-7(15)11-4-6/h5-6H,2-4H2,1H3,(H,11,15)(H,12,14). The fourth-order valence-electron chi connectivity index (χ4n) is 1.48. The first-order valence-electron chi connectivity index (χ1n) is 5.16. The smallest absolute Gasteiger partial charge is 0.315 e. The van der Waals surface area contributed by atoms with Crippen molar-refractivity contribution in [3.05, 3.63) is 5.89 Å². The van der Waals surface area contributed by atoms with E-state index in [9.17, 15) is 4.79 Å². The molecule has 2 rings (SSSR count). The van der Waals surface area contributed by atoms with Crippen LogP contribution in [0.5, 0.6) is 0 Å². The van der Waals surface area contributed by atoms with Crippen LogP contribution < -0.4 is 10.6 Å². The number of nitrogens with zero attached hydrogens (tertiary/aromatic N) is 2. The Hall–Kier alpha value is -1.30. The molecule has 7 heteroatoms. The summed E-state index contributed by atoms with van der Waals surface area (Å²) in [5.74, 6) is 0.475. The van der Waals surface area contributed by atoms with Gasteiger partial charge in [0.25, 0.3) is 0 Å². The second kappa shape index (κ2) is 4.69. The molecule has 1 saturated heterocycles. The van der Waals surface area contributed by atoms with Crippen LogP contribution in [0.25, 0.3) is 0 Å². The zero-order valence-corrected chi connectivity index (χ0v) is 9.62. The lowest BCUT2D eigenvalue weighted by atomic mass is 10.1. The summed E-state index contributed by atoms with van der Waals surface area (Å²) < 4.78 is 5.30. The van der Waals surface area contributed by atoms with Gasteiger partial charge in [-0.05, 0) is 13.3 Å². The molecular weight excluding hydrogens is 232 g/mol. The number of nitrogens with one attached hydrogen (secondary N) is 2.